The highest BCUT2D eigenvalue weighted by atomic mass is 16.3. The van der Waals surface area contributed by atoms with Gasteiger partial charge in [0.15, 0.2) is 12.0 Å². The zero-order valence-corrected chi connectivity index (χ0v) is 11.2. The molecule has 1 aliphatic heterocycles. The van der Waals surface area contributed by atoms with Gasteiger partial charge in [0.2, 0.25) is 0 Å². The number of aliphatic hydroxyl groups is 1. The highest BCUT2D eigenvalue weighted by Crippen LogP contribution is 2.33. The van der Waals surface area contributed by atoms with Crippen molar-refractivity contribution in [3.8, 4) is 0 Å². The predicted octanol–water partition coefficient (Wildman–Crippen LogP) is 2.25. The molecule has 0 saturated carbocycles. The molecule has 4 nitrogen and oxygen atoms in total. The number of piperidine rings is 1. The normalized spacial score (nSPS) is 19.9. The van der Waals surface area contributed by atoms with Crippen LogP contribution < -0.4 is 0 Å². The Morgan fingerprint density at radius 3 is 2.95 bits per heavy atom. The molecule has 3 rings (SSSR count). The van der Waals surface area contributed by atoms with Crippen LogP contribution in [0.2, 0.25) is 0 Å². The van der Waals surface area contributed by atoms with Crippen LogP contribution in [0.25, 0.3) is 11.1 Å². The lowest BCUT2D eigenvalue weighted by Crippen LogP contribution is -2.33. The first-order valence-corrected chi connectivity index (χ1v) is 6.90. The predicted molar refractivity (Wildman–Crippen MR) is 74.1 cm³/mol. The van der Waals surface area contributed by atoms with Crippen molar-refractivity contribution >= 4 is 11.1 Å². The maximum Gasteiger partial charge on any atom is 0.181 e. The molecule has 1 unspecified atom stereocenters. The molecule has 1 fully saturated rings. The fourth-order valence-corrected chi connectivity index (χ4v) is 3.06. The third kappa shape index (κ3) is 2.51. The molecule has 0 radical (unpaired) electrons. The number of hydrogen-bond acceptors (Lipinski definition) is 4. The van der Waals surface area contributed by atoms with Gasteiger partial charge in [-0.3, -0.25) is 0 Å². The van der Waals surface area contributed by atoms with E-state index in [2.05, 4.69) is 23.0 Å². The van der Waals surface area contributed by atoms with E-state index < -0.39 is 0 Å². The van der Waals surface area contributed by atoms with Gasteiger partial charge >= 0.3 is 0 Å². The Morgan fingerprint density at radius 1 is 1.42 bits per heavy atom. The summed E-state index contributed by atoms with van der Waals surface area (Å²) in [5.74, 6) is 0.768. The molecular weight excluding hydrogens is 240 g/mol. The first-order valence-electron chi connectivity index (χ1n) is 6.90. The molecule has 102 valence electrons. The zero-order valence-electron chi connectivity index (χ0n) is 11.2. The number of nitrogens with zero attached hydrogens (tertiary/aromatic N) is 2. The Morgan fingerprint density at radius 2 is 2.21 bits per heavy atom. The molecule has 19 heavy (non-hydrogen) atoms. The topological polar surface area (TPSA) is 49.5 Å². The van der Waals surface area contributed by atoms with Crippen LogP contribution in [-0.2, 0) is 0 Å². The van der Waals surface area contributed by atoms with E-state index in [1.165, 1.54) is 12.0 Å². The summed E-state index contributed by atoms with van der Waals surface area (Å²) in [6, 6.07) is 6.08. The van der Waals surface area contributed by atoms with Gasteiger partial charge in [0, 0.05) is 5.92 Å². The summed E-state index contributed by atoms with van der Waals surface area (Å²) >= 11 is 0. The van der Waals surface area contributed by atoms with E-state index in [0.29, 0.717) is 5.92 Å². The van der Waals surface area contributed by atoms with Crippen LogP contribution in [0.5, 0.6) is 0 Å². The minimum absolute atomic E-state index is 0.202. The molecule has 1 atom stereocenters. The summed E-state index contributed by atoms with van der Waals surface area (Å²) in [5, 5.41) is 9.76. The molecule has 2 aromatic rings. The maximum atomic E-state index is 9.76. The van der Waals surface area contributed by atoms with E-state index in [1.807, 2.05) is 12.1 Å². The van der Waals surface area contributed by atoms with Crippen molar-refractivity contribution in [2.45, 2.75) is 18.8 Å². The number of hydrogen-bond donors (Lipinski definition) is 1. The van der Waals surface area contributed by atoms with Crippen molar-refractivity contribution in [3.05, 3.63) is 30.2 Å². The lowest BCUT2D eigenvalue weighted by Gasteiger charge is -2.33. The van der Waals surface area contributed by atoms with Gasteiger partial charge in [0.1, 0.15) is 5.52 Å². The molecule has 2 heterocycles. The zero-order chi connectivity index (χ0) is 13.2. The minimum atomic E-state index is 0.202. The average Bonchev–Trinajstić information content (AvgIpc) is 2.89. The van der Waals surface area contributed by atoms with E-state index >= 15 is 0 Å². The van der Waals surface area contributed by atoms with Crippen LogP contribution in [0.3, 0.4) is 0 Å². The second-order valence-electron chi connectivity index (χ2n) is 5.51. The van der Waals surface area contributed by atoms with Crippen LogP contribution in [0.4, 0.5) is 0 Å². The fourth-order valence-electron chi connectivity index (χ4n) is 3.06. The quantitative estimate of drug-likeness (QED) is 0.919. The summed E-state index contributed by atoms with van der Waals surface area (Å²) in [5.41, 5.74) is 2.86. The van der Waals surface area contributed by atoms with Gasteiger partial charge in [-0.2, -0.15) is 0 Å². The van der Waals surface area contributed by atoms with Crippen LogP contribution in [-0.4, -0.2) is 41.7 Å². The molecule has 0 spiro atoms. The second-order valence-corrected chi connectivity index (χ2v) is 5.51. The number of oxazole rings is 1. The van der Waals surface area contributed by atoms with E-state index in [0.717, 1.165) is 37.0 Å². The third-order valence-corrected chi connectivity index (χ3v) is 4.31. The van der Waals surface area contributed by atoms with Gasteiger partial charge in [-0.05, 0) is 56.6 Å². The number of aliphatic hydroxyl groups excluding tert-OH is 1. The second kappa shape index (κ2) is 5.31. The van der Waals surface area contributed by atoms with Gasteiger partial charge in [-0.1, -0.05) is 6.07 Å². The Balaban J connectivity index is 1.84. The summed E-state index contributed by atoms with van der Waals surface area (Å²) in [6.07, 6.45) is 3.77. The minimum Gasteiger partial charge on any atom is -0.443 e. The van der Waals surface area contributed by atoms with Crippen molar-refractivity contribution < 1.29 is 9.52 Å². The van der Waals surface area contributed by atoms with Gasteiger partial charge in [0.05, 0.1) is 6.61 Å². The highest BCUT2D eigenvalue weighted by molar-refractivity contribution is 5.72. The first kappa shape index (κ1) is 12.6. The van der Waals surface area contributed by atoms with E-state index in [4.69, 9.17) is 4.42 Å². The number of fused-ring (bicyclic) bond motifs is 1. The van der Waals surface area contributed by atoms with Crippen molar-refractivity contribution in [2.75, 3.05) is 26.7 Å². The van der Waals surface area contributed by atoms with Crippen molar-refractivity contribution in [2.24, 2.45) is 5.92 Å². The molecule has 1 N–H and O–H groups in total. The molecule has 1 aromatic heterocycles. The summed E-state index contributed by atoms with van der Waals surface area (Å²) < 4.78 is 5.36. The maximum absolute atomic E-state index is 9.76. The first-order chi connectivity index (χ1) is 9.28. The molecule has 1 aromatic carbocycles. The Labute approximate surface area is 113 Å². The Kier molecular flexibility index (Phi) is 3.53. The van der Waals surface area contributed by atoms with Crippen LogP contribution in [0.15, 0.2) is 29.0 Å². The number of benzene rings is 1. The molecule has 0 amide bonds. The van der Waals surface area contributed by atoms with E-state index in [-0.39, 0.29) is 12.5 Å². The van der Waals surface area contributed by atoms with Gasteiger partial charge < -0.3 is 14.4 Å². The monoisotopic (exact) mass is 260 g/mol. The fraction of sp³-hybridized carbons (Fsp3) is 0.533. The summed E-state index contributed by atoms with van der Waals surface area (Å²) in [4.78, 5) is 6.48. The molecule has 0 bridgehead atoms. The number of aromatic nitrogens is 1. The van der Waals surface area contributed by atoms with Crippen molar-refractivity contribution in [3.63, 3.8) is 0 Å². The molecule has 4 heteroatoms. The summed E-state index contributed by atoms with van der Waals surface area (Å²) in [6.45, 7) is 2.44. The lowest BCUT2D eigenvalue weighted by molar-refractivity contribution is 0.156. The van der Waals surface area contributed by atoms with Crippen LogP contribution in [0, 0.1) is 5.92 Å². The van der Waals surface area contributed by atoms with Crippen LogP contribution in [0.1, 0.15) is 24.3 Å². The standard InChI is InChI=1S/C15H20N2O2/c1-17-6-4-11(5-7-17)13(9-18)12-2-3-14-15(8-12)19-10-16-14/h2-3,8,10-11,13,18H,4-7,9H2,1H3. The van der Waals surface area contributed by atoms with Gasteiger partial charge in [0.25, 0.3) is 0 Å². The lowest BCUT2D eigenvalue weighted by atomic mass is 9.80. The number of likely N-dealkylation sites (tertiary alicyclic amines) is 1. The molecular formula is C15H20N2O2. The van der Waals surface area contributed by atoms with Gasteiger partial charge in [-0.15, -0.1) is 0 Å². The molecule has 1 saturated heterocycles. The van der Waals surface area contributed by atoms with E-state index in [9.17, 15) is 5.11 Å². The van der Waals surface area contributed by atoms with E-state index in [1.54, 1.807) is 0 Å². The third-order valence-electron chi connectivity index (χ3n) is 4.31. The Hall–Kier alpha value is -1.39. The number of rotatable bonds is 3. The average molecular weight is 260 g/mol. The smallest absolute Gasteiger partial charge is 0.181 e. The Bertz CT molecular complexity index is 544. The SMILES string of the molecule is CN1CCC(C(CO)c2ccc3ncoc3c2)CC1. The summed E-state index contributed by atoms with van der Waals surface area (Å²) in [7, 11) is 2.16. The highest BCUT2D eigenvalue weighted by Gasteiger charge is 2.26. The molecule has 1 aliphatic rings. The van der Waals surface area contributed by atoms with Crippen LogP contribution >= 0.6 is 0 Å². The molecule has 0 aliphatic carbocycles. The van der Waals surface area contributed by atoms with Crippen molar-refractivity contribution in [1.29, 1.82) is 0 Å². The van der Waals surface area contributed by atoms with Gasteiger partial charge in [-0.25, -0.2) is 4.98 Å². The largest absolute Gasteiger partial charge is 0.443 e. The van der Waals surface area contributed by atoms with Crippen molar-refractivity contribution in [1.82, 2.24) is 9.88 Å².